The van der Waals surface area contributed by atoms with Crippen molar-refractivity contribution in [3.63, 3.8) is 0 Å². The third-order valence-corrected chi connectivity index (χ3v) is 6.31. The van der Waals surface area contributed by atoms with Gasteiger partial charge in [0, 0.05) is 0 Å². The van der Waals surface area contributed by atoms with Gasteiger partial charge in [-0.05, 0) is 128 Å². The molecule has 0 heterocycles. The Kier molecular flexibility index (Phi) is 10.8. The summed E-state index contributed by atoms with van der Waals surface area (Å²) < 4.78 is 0. The second-order valence-corrected chi connectivity index (χ2v) is 9.23. The van der Waals surface area contributed by atoms with E-state index in [1.807, 2.05) is 0 Å². The van der Waals surface area contributed by atoms with Gasteiger partial charge in [-0.2, -0.15) is 0 Å². The van der Waals surface area contributed by atoms with Crippen molar-refractivity contribution in [1.82, 2.24) is 0 Å². The summed E-state index contributed by atoms with van der Waals surface area (Å²) in [6.07, 6.45) is 8.03. The zero-order valence-electron chi connectivity index (χ0n) is 20.6. The van der Waals surface area contributed by atoms with Crippen LogP contribution in [0.3, 0.4) is 0 Å². The SMILES string of the molecule is NCCCc1cc(CCCN)cc(-c2cccc(-c3cc(CCCN)cc(CCCN)c3)c2)c1. The third kappa shape index (κ3) is 7.78. The van der Waals surface area contributed by atoms with Gasteiger partial charge in [0.15, 0.2) is 0 Å². The molecule has 0 radical (unpaired) electrons. The summed E-state index contributed by atoms with van der Waals surface area (Å²) in [7, 11) is 0. The van der Waals surface area contributed by atoms with Crippen LogP contribution in [-0.2, 0) is 25.7 Å². The lowest BCUT2D eigenvalue weighted by Gasteiger charge is -2.13. The van der Waals surface area contributed by atoms with Crippen LogP contribution in [-0.4, -0.2) is 26.2 Å². The zero-order valence-corrected chi connectivity index (χ0v) is 20.6. The Labute approximate surface area is 205 Å². The van der Waals surface area contributed by atoms with E-state index in [0.717, 1.165) is 51.4 Å². The molecule has 0 bridgehead atoms. The Morgan fingerprint density at radius 3 is 1.00 bits per heavy atom. The summed E-state index contributed by atoms with van der Waals surface area (Å²) in [5.74, 6) is 0. The molecule has 0 aliphatic rings. The summed E-state index contributed by atoms with van der Waals surface area (Å²) in [6.45, 7) is 2.85. The van der Waals surface area contributed by atoms with E-state index in [-0.39, 0.29) is 0 Å². The van der Waals surface area contributed by atoms with Crippen molar-refractivity contribution in [3.8, 4) is 22.3 Å². The van der Waals surface area contributed by atoms with E-state index in [9.17, 15) is 0 Å². The average Bonchev–Trinajstić information content (AvgIpc) is 2.88. The largest absolute Gasteiger partial charge is 0.330 e. The van der Waals surface area contributed by atoms with E-state index >= 15 is 0 Å². The standard InChI is InChI=1S/C30H42N4/c31-12-2-6-23-16-24(7-3-13-32)19-29(18-23)27-10-1-11-28(22-27)30-20-25(8-4-14-33)17-26(21-30)9-5-15-34/h1,10-11,16-22H,2-9,12-15,31-34H2. The number of aryl methyl sites for hydroxylation is 4. The highest BCUT2D eigenvalue weighted by Crippen LogP contribution is 2.30. The number of benzene rings is 3. The van der Waals surface area contributed by atoms with Crippen LogP contribution in [0, 0.1) is 0 Å². The maximum atomic E-state index is 5.78. The molecule has 34 heavy (non-hydrogen) atoms. The summed E-state index contributed by atoms with van der Waals surface area (Å²) in [4.78, 5) is 0. The van der Waals surface area contributed by atoms with Crippen LogP contribution in [0.1, 0.15) is 47.9 Å². The average molecular weight is 459 g/mol. The van der Waals surface area contributed by atoms with Crippen LogP contribution >= 0.6 is 0 Å². The lowest BCUT2D eigenvalue weighted by atomic mass is 9.92. The summed E-state index contributed by atoms with van der Waals surface area (Å²) >= 11 is 0. The van der Waals surface area contributed by atoms with E-state index in [2.05, 4.69) is 60.7 Å². The highest BCUT2D eigenvalue weighted by molar-refractivity contribution is 5.74. The Balaban J connectivity index is 1.97. The molecule has 4 heteroatoms. The molecule has 0 atom stereocenters. The highest BCUT2D eigenvalue weighted by Gasteiger charge is 2.08. The molecule has 0 aliphatic carbocycles. The van der Waals surface area contributed by atoms with Crippen LogP contribution in [0.2, 0.25) is 0 Å². The molecule has 0 saturated carbocycles. The van der Waals surface area contributed by atoms with Crippen molar-refractivity contribution in [2.24, 2.45) is 22.9 Å². The summed E-state index contributed by atoms with van der Waals surface area (Å²) in [5, 5.41) is 0. The van der Waals surface area contributed by atoms with Crippen molar-refractivity contribution < 1.29 is 0 Å². The molecular weight excluding hydrogens is 416 g/mol. The van der Waals surface area contributed by atoms with Crippen LogP contribution in [0.4, 0.5) is 0 Å². The lowest BCUT2D eigenvalue weighted by Crippen LogP contribution is -2.03. The Morgan fingerprint density at radius 1 is 0.382 bits per heavy atom. The monoisotopic (exact) mass is 458 g/mol. The van der Waals surface area contributed by atoms with Crippen molar-refractivity contribution in [2.45, 2.75) is 51.4 Å². The number of hydrogen-bond acceptors (Lipinski definition) is 4. The first kappa shape index (κ1) is 26.1. The van der Waals surface area contributed by atoms with E-state index in [0.29, 0.717) is 26.2 Å². The van der Waals surface area contributed by atoms with Crippen molar-refractivity contribution in [3.05, 3.63) is 82.9 Å². The third-order valence-electron chi connectivity index (χ3n) is 6.31. The first-order valence-corrected chi connectivity index (χ1v) is 12.8. The fourth-order valence-electron chi connectivity index (χ4n) is 4.54. The molecule has 0 unspecified atom stereocenters. The molecule has 0 amide bonds. The molecular formula is C30H42N4. The molecule has 0 aliphatic heterocycles. The maximum absolute atomic E-state index is 5.78. The molecule has 182 valence electrons. The molecule has 3 aromatic carbocycles. The molecule has 0 aromatic heterocycles. The van der Waals surface area contributed by atoms with Gasteiger partial charge in [-0.1, -0.05) is 54.6 Å². The quantitative estimate of drug-likeness (QED) is 0.284. The van der Waals surface area contributed by atoms with Gasteiger partial charge in [0.1, 0.15) is 0 Å². The van der Waals surface area contributed by atoms with Crippen molar-refractivity contribution in [1.29, 1.82) is 0 Å². The van der Waals surface area contributed by atoms with Gasteiger partial charge in [0.05, 0.1) is 0 Å². The predicted molar refractivity (Wildman–Crippen MR) is 147 cm³/mol. The fraction of sp³-hybridized carbons (Fsp3) is 0.400. The second kappa shape index (κ2) is 14.0. The minimum atomic E-state index is 0.713. The number of rotatable bonds is 14. The first-order chi connectivity index (χ1) is 16.7. The minimum absolute atomic E-state index is 0.713. The second-order valence-electron chi connectivity index (χ2n) is 9.23. The van der Waals surface area contributed by atoms with Gasteiger partial charge >= 0.3 is 0 Å². The lowest BCUT2D eigenvalue weighted by molar-refractivity contribution is 0.816. The van der Waals surface area contributed by atoms with Crippen LogP contribution in [0.25, 0.3) is 22.3 Å². The number of nitrogens with two attached hydrogens (primary N) is 4. The molecule has 0 saturated heterocycles. The van der Waals surface area contributed by atoms with E-state index in [4.69, 9.17) is 22.9 Å². The Hall–Kier alpha value is -2.50. The van der Waals surface area contributed by atoms with Crippen molar-refractivity contribution in [2.75, 3.05) is 26.2 Å². The van der Waals surface area contributed by atoms with Crippen LogP contribution in [0.15, 0.2) is 60.7 Å². The molecule has 0 fully saturated rings. The first-order valence-electron chi connectivity index (χ1n) is 12.8. The number of hydrogen-bond donors (Lipinski definition) is 4. The molecule has 8 N–H and O–H groups in total. The summed E-state index contributed by atoms with van der Waals surface area (Å²) in [6, 6.07) is 22.9. The molecule has 4 nitrogen and oxygen atoms in total. The van der Waals surface area contributed by atoms with E-state index in [1.165, 1.54) is 44.5 Å². The molecule has 3 rings (SSSR count). The smallest absolute Gasteiger partial charge is 0.00741 e. The summed E-state index contributed by atoms with van der Waals surface area (Å²) in [5.41, 5.74) is 33.6. The minimum Gasteiger partial charge on any atom is -0.330 e. The van der Waals surface area contributed by atoms with Crippen LogP contribution in [0.5, 0.6) is 0 Å². The van der Waals surface area contributed by atoms with Gasteiger partial charge in [-0.25, -0.2) is 0 Å². The van der Waals surface area contributed by atoms with Crippen molar-refractivity contribution >= 4 is 0 Å². The van der Waals surface area contributed by atoms with Gasteiger partial charge in [-0.3, -0.25) is 0 Å². The van der Waals surface area contributed by atoms with Gasteiger partial charge in [-0.15, -0.1) is 0 Å². The highest BCUT2D eigenvalue weighted by atomic mass is 14.5. The normalized spacial score (nSPS) is 11.2. The maximum Gasteiger partial charge on any atom is -0.00741 e. The van der Waals surface area contributed by atoms with E-state index in [1.54, 1.807) is 0 Å². The van der Waals surface area contributed by atoms with Gasteiger partial charge in [0.25, 0.3) is 0 Å². The Bertz CT molecular complexity index is 897. The fourth-order valence-corrected chi connectivity index (χ4v) is 4.54. The topological polar surface area (TPSA) is 104 Å². The van der Waals surface area contributed by atoms with Gasteiger partial charge < -0.3 is 22.9 Å². The molecule has 0 spiro atoms. The van der Waals surface area contributed by atoms with Crippen LogP contribution < -0.4 is 22.9 Å². The molecule has 3 aromatic rings. The van der Waals surface area contributed by atoms with Gasteiger partial charge in [0.2, 0.25) is 0 Å². The predicted octanol–water partition coefficient (Wildman–Crippen LogP) is 4.59. The zero-order chi connectivity index (χ0) is 24.2. The Morgan fingerprint density at radius 2 is 0.706 bits per heavy atom. The van der Waals surface area contributed by atoms with E-state index < -0.39 is 0 Å².